The largest absolute Gasteiger partial charge is 0.376 e. The van der Waals surface area contributed by atoms with Crippen LogP contribution in [0.15, 0.2) is 28.6 Å². The van der Waals surface area contributed by atoms with Crippen LogP contribution in [0.1, 0.15) is 36.0 Å². The van der Waals surface area contributed by atoms with E-state index in [0.717, 1.165) is 54.1 Å². The highest BCUT2D eigenvalue weighted by Crippen LogP contribution is 2.27. The first-order valence-electron chi connectivity index (χ1n) is 9.44. The minimum absolute atomic E-state index is 0.0355. The molecule has 0 unspecified atom stereocenters. The molecule has 2 aliphatic heterocycles. The molecule has 2 aromatic rings. The number of hydrogen-bond donors (Lipinski definition) is 1. The molecule has 2 saturated heterocycles. The third-order valence-corrected chi connectivity index (χ3v) is 6.83. The van der Waals surface area contributed by atoms with Gasteiger partial charge in [-0.3, -0.25) is 9.59 Å². The Morgan fingerprint density at radius 2 is 2.14 bits per heavy atom. The van der Waals surface area contributed by atoms with Crippen LogP contribution in [-0.4, -0.2) is 53.4 Å². The molecule has 0 spiro atoms. The van der Waals surface area contributed by atoms with Crippen molar-refractivity contribution in [2.24, 2.45) is 0 Å². The van der Waals surface area contributed by atoms with Gasteiger partial charge in [-0.05, 0) is 43.5 Å². The fraction of sp³-hybridized carbons (Fsp3) is 0.474. The van der Waals surface area contributed by atoms with Gasteiger partial charge in [0.25, 0.3) is 0 Å². The van der Waals surface area contributed by atoms with Gasteiger partial charge < -0.3 is 15.0 Å². The molecule has 1 aromatic carbocycles. The van der Waals surface area contributed by atoms with Crippen LogP contribution < -0.4 is 10.2 Å². The smallest absolute Gasteiger partial charge is 0.227 e. The Hall–Kier alpha value is -1.97. The Kier molecular flexibility index (Phi) is 6.23. The van der Waals surface area contributed by atoms with E-state index in [1.807, 2.05) is 12.1 Å². The molecule has 1 atom stereocenters. The number of anilines is 2. The van der Waals surface area contributed by atoms with Crippen LogP contribution in [0.3, 0.4) is 0 Å². The lowest BCUT2D eigenvalue weighted by molar-refractivity contribution is -0.117. The maximum Gasteiger partial charge on any atom is 0.227 e. The van der Waals surface area contributed by atoms with Gasteiger partial charge in [-0.2, -0.15) is 0 Å². The molecular weight excluding hydrogens is 396 g/mol. The van der Waals surface area contributed by atoms with Crippen molar-refractivity contribution in [1.82, 2.24) is 10.2 Å². The number of thioether (sulfide) groups is 1. The molecule has 9 heteroatoms. The number of aromatic nitrogens is 2. The molecule has 3 heterocycles. The Bertz CT molecular complexity index is 834. The van der Waals surface area contributed by atoms with E-state index in [4.69, 9.17) is 4.74 Å². The van der Waals surface area contributed by atoms with Crippen molar-refractivity contribution in [3.8, 4) is 0 Å². The highest BCUT2D eigenvalue weighted by molar-refractivity contribution is 8.01. The van der Waals surface area contributed by atoms with Crippen molar-refractivity contribution in [1.29, 1.82) is 0 Å². The minimum Gasteiger partial charge on any atom is -0.376 e. The molecule has 0 bridgehead atoms. The Labute approximate surface area is 171 Å². The zero-order valence-corrected chi connectivity index (χ0v) is 17.1. The van der Waals surface area contributed by atoms with Crippen LogP contribution in [0.2, 0.25) is 0 Å². The summed E-state index contributed by atoms with van der Waals surface area (Å²) in [6.45, 7) is 2.33. The molecule has 4 rings (SSSR count). The van der Waals surface area contributed by atoms with E-state index in [9.17, 15) is 9.59 Å². The third-order valence-electron chi connectivity index (χ3n) is 4.81. The zero-order chi connectivity index (χ0) is 19.3. The van der Waals surface area contributed by atoms with E-state index in [-0.39, 0.29) is 17.8 Å². The second-order valence-electron chi connectivity index (χ2n) is 6.80. The molecule has 1 aromatic heterocycles. The van der Waals surface area contributed by atoms with Crippen LogP contribution in [-0.2, 0) is 9.53 Å². The second-order valence-corrected chi connectivity index (χ2v) is 9.00. The number of benzene rings is 1. The fourth-order valence-corrected chi connectivity index (χ4v) is 4.96. The van der Waals surface area contributed by atoms with Gasteiger partial charge in [-0.1, -0.05) is 23.1 Å². The van der Waals surface area contributed by atoms with Gasteiger partial charge in [-0.25, -0.2) is 0 Å². The van der Waals surface area contributed by atoms with E-state index < -0.39 is 0 Å². The van der Waals surface area contributed by atoms with Gasteiger partial charge in [0.15, 0.2) is 10.1 Å². The number of carbonyl (C=O) groups excluding carboxylic acids is 2. The number of carbonyl (C=O) groups is 2. The monoisotopic (exact) mass is 418 g/mol. The Balaban J connectivity index is 1.26. The lowest BCUT2D eigenvalue weighted by Gasteiger charge is -2.15. The molecule has 148 valence electrons. The van der Waals surface area contributed by atoms with Gasteiger partial charge in [0, 0.05) is 37.4 Å². The van der Waals surface area contributed by atoms with Crippen LogP contribution >= 0.6 is 23.1 Å². The van der Waals surface area contributed by atoms with Crippen molar-refractivity contribution < 1.29 is 14.3 Å². The summed E-state index contributed by atoms with van der Waals surface area (Å²) >= 11 is 2.84. The van der Waals surface area contributed by atoms with Gasteiger partial charge in [0.05, 0.1) is 11.9 Å². The van der Waals surface area contributed by atoms with Crippen LogP contribution in [0, 0.1) is 0 Å². The molecule has 0 saturated carbocycles. The summed E-state index contributed by atoms with van der Waals surface area (Å²) in [6, 6.07) is 7.27. The average Bonchev–Trinajstić information content (AvgIpc) is 3.47. The van der Waals surface area contributed by atoms with Crippen molar-refractivity contribution in [2.75, 3.05) is 35.7 Å². The van der Waals surface area contributed by atoms with E-state index in [1.54, 1.807) is 17.0 Å². The molecular formula is C19H22N4O3S2. The topological polar surface area (TPSA) is 84.4 Å². The molecule has 28 heavy (non-hydrogen) atoms. The number of amides is 1. The standard InChI is InChI=1S/C19H22N4O3S2/c24-16(13-5-7-14(8-6-13)23-9-1-4-17(23)25)12-27-19-22-21-18(28-19)20-11-15-3-2-10-26-15/h5-8,15H,1-4,9-12H2,(H,20,21)/t15-/m1/s1. The minimum atomic E-state index is 0.0355. The summed E-state index contributed by atoms with van der Waals surface area (Å²) in [5.41, 5.74) is 1.50. The maximum absolute atomic E-state index is 12.4. The fourth-order valence-electron chi connectivity index (χ4n) is 3.31. The SMILES string of the molecule is O=C(CSc1nnc(NC[C@H]2CCCO2)s1)c1ccc(N2CCCC2=O)cc1. The average molecular weight is 419 g/mol. The van der Waals surface area contributed by atoms with Gasteiger partial charge >= 0.3 is 0 Å². The molecule has 7 nitrogen and oxygen atoms in total. The highest BCUT2D eigenvalue weighted by Gasteiger charge is 2.22. The third kappa shape index (κ3) is 4.71. The zero-order valence-electron chi connectivity index (χ0n) is 15.4. The van der Waals surface area contributed by atoms with E-state index in [2.05, 4.69) is 15.5 Å². The predicted molar refractivity (Wildman–Crippen MR) is 110 cm³/mol. The van der Waals surface area contributed by atoms with Crippen LogP contribution in [0.5, 0.6) is 0 Å². The van der Waals surface area contributed by atoms with Crippen molar-refractivity contribution in [2.45, 2.75) is 36.1 Å². The summed E-state index contributed by atoms with van der Waals surface area (Å²) in [5, 5.41) is 12.3. The second kappa shape index (κ2) is 9.02. The first kappa shape index (κ1) is 19.4. The maximum atomic E-state index is 12.4. The lowest BCUT2D eigenvalue weighted by atomic mass is 10.1. The number of hydrogen-bond acceptors (Lipinski definition) is 8. The quantitative estimate of drug-likeness (QED) is 0.520. The predicted octanol–water partition coefficient (Wildman–Crippen LogP) is 3.23. The first-order chi connectivity index (χ1) is 13.7. The number of ether oxygens (including phenoxy) is 1. The Morgan fingerprint density at radius 3 is 2.86 bits per heavy atom. The van der Waals surface area contributed by atoms with Crippen LogP contribution in [0.4, 0.5) is 10.8 Å². The molecule has 2 fully saturated rings. The molecule has 0 radical (unpaired) electrons. The highest BCUT2D eigenvalue weighted by atomic mass is 32.2. The van der Waals surface area contributed by atoms with E-state index in [1.165, 1.54) is 23.1 Å². The summed E-state index contributed by atoms with van der Waals surface area (Å²) in [6.07, 6.45) is 3.93. The van der Waals surface area contributed by atoms with Crippen molar-refractivity contribution in [3.63, 3.8) is 0 Å². The summed E-state index contributed by atoms with van der Waals surface area (Å²) < 4.78 is 6.34. The van der Waals surface area contributed by atoms with Crippen molar-refractivity contribution >= 4 is 45.6 Å². The number of Topliss-reactive ketones (excluding diaryl/α,β-unsaturated/α-hetero) is 1. The normalized spacial score (nSPS) is 19.4. The first-order valence-corrected chi connectivity index (χ1v) is 11.2. The molecule has 0 aliphatic carbocycles. The summed E-state index contributed by atoms with van der Waals surface area (Å²) in [4.78, 5) is 26.0. The molecule has 1 amide bonds. The van der Waals surface area contributed by atoms with E-state index in [0.29, 0.717) is 17.7 Å². The number of ketones is 1. The van der Waals surface area contributed by atoms with Crippen molar-refractivity contribution in [3.05, 3.63) is 29.8 Å². The van der Waals surface area contributed by atoms with E-state index >= 15 is 0 Å². The molecule has 2 aliphatic rings. The number of rotatable bonds is 8. The number of nitrogens with one attached hydrogen (secondary N) is 1. The molecule has 1 N–H and O–H groups in total. The van der Waals surface area contributed by atoms with Crippen LogP contribution in [0.25, 0.3) is 0 Å². The van der Waals surface area contributed by atoms with Gasteiger partial charge in [0.1, 0.15) is 0 Å². The number of nitrogens with zero attached hydrogens (tertiary/aromatic N) is 3. The summed E-state index contributed by atoms with van der Waals surface area (Å²) in [5.74, 6) is 0.491. The summed E-state index contributed by atoms with van der Waals surface area (Å²) in [7, 11) is 0. The Morgan fingerprint density at radius 1 is 1.29 bits per heavy atom. The lowest BCUT2D eigenvalue weighted by Crippen LogP contribution is -2.23. The van der Waals surface area contributed by atoms with Gasteiger partial charge in [-0.15, -0.1) is 10.2 Å². The van der Waals surface area contributed by atoms with Gasteiger partial charge in [0.2, 0.25) is 11.0 Å².